The molecule has 0 aliphatic rings. The van der Waals surface area contributed by atoms with Crippen LogP contribution in [0.1, 0.15) is 26.1 Å². The molecule has 0 saturated heterocycles. The fourth-order valence-electron chi connectivity index (χ4n) is 1.16. The molecule has 0 atom stereocenters. The van der Waals surface area contributed by atoms with Crippen molar-refractivity contribution in [2.24, 2.45) is 0 Å². The Labute approximate surface area is 95.9 Å². The highest BCUT2D eigenvalue weighted by Crippen LogP contribution is 2.11. The summed E-state index contributed by atoms with van der Waals surface area (Å²) in [7, 11) is 2.12. The van der Waals surface area contributed by atoms with Crippen LogP contribution in [0.25, 0.3) is 0 Å². The zero-order valence-corrected chi connectivity index (χ0v) is 10.6. The molecule has 0 fully saturated rings. The van der Waals surface area contributed by atoms with Gasteiger partial charge in [0.25, 0.3) is 0 Å². The Morgan fingerprint density at radius 1 is 1.40 bits per heavy atom. The van der Waals surface area contributed by atoms with Crippen LogP contribution < -0.4 is 5.32 Å². The van der Waals surface area contributed by atoms with Crippen molar-refractivity contribution in [1.82, 2.24) is 14.3 Å². The van der Waals surface area contributed by atoms with E-state index < -0.39 is 0 Å². The van der Waals surface area contributed by atoms with Gasteiger partial charge in [0.2, 0.25) is 5.13 Å². The summed E-state index contributed by atoms with van der Waals surface area (Å²) in [6.45, 7) is 7.36. The first-order valence-electron chi connectivity index (χ1n) is 5.51. The van der Waals surface area contributed by atoms with Gasteiger partial charge < -0.3 is 10.2 Å². The maximum atomic E-state index is 4.40. The van der Waals surface area contributed by atoms with E-state index in [0.29, 0.717) is 0 Å². The van der Waals surface area contributed by atoms with Crippen LogP contribution in [0.5, 0.6) is 0 Å². The van der Waals surface area contributed by atoms with E-state index in [4.69, 9.17) is 0 Å². The van der Waals surface area contributed by atoms with Gasteiger partial charge in [-0.3, -0.25) is 0 Å². The molecule has 0 unspecified atom stereocenters. The van der Waals surface area contributed by atoms with E-state index in [1.54, 1.807) is 0 Å². The van der Waals surface area contributed by atoms with Crippen molar-refractivity contribution >= 4 is 16.7 Å². The molecule has 1 aromatic rings. The number of hydrogen-bond acceptors (Lipinski definition) is 5. The highest BCUT2D eigenvalue weighted by Gasteiger charge is 2.02. The maximum absolute atomic E-state index is 4.40. The smallest absolute Gasteiger partial charge is 0.202 e. The van der Waals surface area contributed by atoms with Crippen molar-refractivity contribution in [3.8, 4) is 0 Å². The van der Waals surface area contributed by atoms with Crippen LogP contribution in [0.15, 0.2) is 0 Å². The van der Waals surface area contributed by atoms with Crippen LogP contribution in [0.3, 0.4) is 0 Å². The van der Waals surface area contributed by atoms with E-state index in [1.807, 2.05) is 0 Å². The molecule has 15 heavy (non-hydrogen) atoms. The number of rotatable bonds is 7. The van der Waals surface area contributed by atoms with Gasteiger partial charge in [0, 0.05) is 31.0 Å². The molecule has 1 N–H and O–H groups in total. The fraction of sp³-hybridized carbons (Fsp3) is 0.800. The monoisotopic (exact) mass is 228 g/mol. The summed E-state index contributed by atoms with van der Waals surface area (Å²) < 4.78 is 4.28. The van der Waals surface area contributed by atoms with Crippen LogP contribution >= 0.6 is 11.5 Å². The van der Waals surface area contributed by atoms with Crippen LogP contribution in [-0.2, 0) is 6.42 Å². The zero-order chi connectivity index (χ0) is 11.1. The highest BCUT2D eigenvalue weighted by molar-refractivity contribution is 7.09. The van der Waals surface area contributed by atoms with Gasteiger partial charge in [-0.1, -0.05) is 13.8 Å². The number of anilines is 1. The Kier molecular flexibility index (Phi) is 5.57. The van der Waals surface area contributed by atoms with Crippen molar-refractivity contribution in [2.75, 3.05) is 32.0 Å². The molecule has 5 heteroatoms. The lowest BCUT2D eigenvalue weighted by Crippen LogP contribution is -2.24. The van der Waals surface area contributed by atoms with E-state index in [9.17, 15) is 0 Å². The number of aryl methyl sites for hydroxylation is 1. The van der Waals surface area contributed by atoms with Gasteiger partial charge in [-0.05, 0) is 20.0 Å². The second kappa shape index (κ2) is 6.74. The molecule has 1 rings (SSSR count). The Morgan fingerprint density at radius 2 is 2.20 bits per heavy atom. The van der Waals surface area contributed by atoms with E-state index >= 15 is 0 Å². The van der Waals surface area contributed by atoms with Crippen molar-refractivity contribution < 1.29 is 0 Å². The van der Waals surface area contributed by atoms with E-state index in [-0.39, 0.29) is 0 Å². The third-order valence-electron chi connectivity index (χ3n) is 2.25. The summed E-state index contributed by atoms with van der Waals surface area (Å²) in [6, 6.07) is 0. The van der Waals surface area contributed by atoms with Gasteiger partial charge in [0.05, 0.1) is 0 Å². The van der Waals surface area contributed by atoms with Gasteiger partial charge in [-0.15, -0.1) is 0 Å². The van der Waals surface area contributed by atoms with Crippen LogP contribution in [0.4, 0.5) is 5.13 Å². The molecule has 0 saturated carbocycles. The lowest BCUT2D eigenvalue weighted by molar-refractivity contribution is 0.367. The Bertz CT molecular complexity index is 274. The van der Waals surface area contributed by atoms with Crippen molar-refractivity contribution in [2.45, 2.75) is 26.7 Å². The quantitative estimate of drug-likeness (QED) is 0.773. The molecule has 0 spiro atoms. The lowest BCUT2D eigenvalue weighted by atomic mass is 10.3. The molecule has 0 radical (unpaired) electrons. The number of aromatic nitrogens is 2. The maximum Gasteiger partial charge on any atom is 0.202 e. The lowest BCUT2D eigenvalue weighted by Gasteiger charge is -2.13. The Balaban J connectivity index is 2.25. The van der Waals surface area contributed by atoms with Crippen molar-refractivity contribution in [1.29, 1.82) is 0 Å². The van der Waals surface area contributed by atoms with Gasteiger partial charge in [-0.25, -0.2) is 4.98 Å². The fourth-order valence-corrected chi connectivity index (χ4v) is 1.80. The minimum Gasteiger partial charge on any atom is -0.359 e. The zero-order valence-electron chi connectivity index (χ0n) is 9.79. The molecule has 0 aliphatic heterocycles. The first-order chi connectivity index (χ1) is 7.26. The molecule has 0 amide bonds. The average molecular weight is 228 g/mol. The minimum atomic E-state index is 0.936. The van der Waals surface area contributed by atoms with Gasteiger partial charge in [0.15, 0.2) is 0 Å². The second-order valence-electron chi connectivity index (χ2n) is 3.59. The average Bonchev–Trinajstić information content (AvgIpc) is 2.66. The predicted octanol–water partition coefficient (Wildman–Crippen LogP) is 1.85. The van der Waals surface area contributed by atoms with Crippen LogP contribution in [-0.4, -0.2) is 40.9 Å². The first kappa shape index (κ1) is 12.4. The van der Waals surface area contributed by atoms with Crippen molar-refractivity contribution in [3.63, 3.8) is 0 Å². The van der Waals surface area contributed by atoms with E-state index in [0.717, 1.165) is 43.4 Å². The summed E-state index contributed by atoms with van der Waals surface area (Å²) in [6.07, 6.45) is 2.09. The topological polar surface area (TPSA) is 41.1 Å². The molecule has 1 heterocycles. The Morgan fingerprint density at radius 3 is 2.87 bits per heavy atom. The molecule has 1 aromatic heterocycles. The van der Waals surface area contributed by atoms with Gasteiger partial charge in [0.1, 0.15) is 5.82 Å². The molecular weight excluding hydrogens is 208 g/mol. The number of nitrogens with one attached hydrogen (secondary N) is 1. The summed E-state index contributed by atoms with van der Waals surface area (Å²) in [4.78, 5) is 6.67. The molecule has 86 valence electrons. The highest BCUT2D eigenvalue weighted by atomic mass is 32.1. The molecule has 0 aliphatic carbocycles. The largest absolute Gasteiger partial charge is 0.359 e. The summed E-state index contributed by atoms with van der Waals surface area (Å²) in [5.41, 5.74) is 0. The second-order valence-corrected chi connectivity index (χ2v) is 4.34. The standard InChI is InChI=1S/C10H20N4S/c1-4-6-9-12-10(15-13-9)11-7-8-14(3)5-2/h4-8H2,1-3H3,(H,11,12,13). The third-order valence-corrected chi connectivity index (χ3v) is 2.96. The Hall–Kier alpha value is -0.680. The summed E-state index contributed by atoms with van der Waals surface area (Å²) in [5, 5.41) is 4.24. The van der Waals surface area contributed by atoms with Crippen LogP contribution in [0.2, 0.25) is 0 Å². The number of hydrogen-bond donors (Lipinski definition) is 1. The summed E-state index contributed by atoms with van der Waals surface area (Å²) in [5.74, 6) is 0.967. The predicted molar refractivity (Wildman–Crippen MR) is 65.6 cm³/mol. The summed E-state index contributed by atoms with van der Waals surface area (Å²) >= 11 is 1.46. The van der Waals surface area contributed by atoms with Gasteiger partial charge >= 0.3 is 0 Å². The molecule has 0 bridgehead atoms. The number of nitrogens with zero attached hydrogens (tertiary/aromatic N) is 3. The molecular formula is C10H20N4S. The van der Waals surface area contributed by atoms with E-state index in [1.165, 1.54) is 11.5 Å². The van der Waals surface area contributed by atoms with Crippen molar-refractivity contribution in [3.05, 3.63) is 5.82 Å². The minimum absolute atomic E-state index is 0.936. The van der Waals surface area contributed by atoms with Gasteiger partial charge in [-0.2, -0.15) is 4.37 Å². The van der Waals surface area contributed by atoms with Crippen LogP contribution in [0, 0.1) is 0 Å². The molecule has 4 nitrogen and oxygen atoms in total. The first-order valence-corrected chi connectivity index (χ1v) is 6.28. The SMILES string of the molecule is CCCc1nsc(NCCN(C)CC)n1. The normalized spacial score (nSPS) is 10.9. The van der Waals surface area contributed by atoms with E-state index in [2.05, 4.69) is 40.5 Å². The molecule has 0 aromatic carbocycles. The third kappa shape index (κ3) is 4.57. The number of likely N-dealkylation sites (N-methyl/N-ethyl adjacent to an activating group) is 1.